The second-order valence-electron chi connectivity index (χ2n) is 11.1. The molecule has 0 heterocycles. The first-order chi connectivity index (χ1) is 20.3. The fourth-order valence-electron chi connectivity index (χ4n) is 4.93. The third kappa shape index (κ3) is 9.39. The van der Waals surface area contributed by atoms with Crippen LogP contribution in [-0.2, 0) is 32.7 Å². The quantitative estimate of drug-likeness (QED) is 0.128. The second kappa shape index (κ2) is 17.2. The van der Waals surface area contributed by atoms with Gasteiger partial charge < -0.3 is 0 Å². The SMILES string of the molecule is CCc1cc2c(-c3ccc(C(C)(C)C)cc3)cccc2[cH-]1.C[Si]C.[Cl][Zr+2][Cl].c1ccc(-c2cccc3[cH-]ccc23)cc1. The molecule has 214 valence electrons. The van der Waals surface area contributed by atoms with Gasteiger partial charge in [-0.2, -0.15) is 18.2 Å². The Balaban J connectivity index is 0.000000201. The van der Waals surface area contributed by atoms with Gasteiger partial charge in [0, 0.05) is 9.52 Å². The Hall–Kier alpha value is -2.22. The van der Waals surface area contributed by atoms with Crippen LogP contribution in [-0.4, -0.2) is 9.52 Å². The third-order valence-electron chi connectivity index (χ3n) is 7.04. The molecule has 0 saturated heterocycles. The van der Waals surface area contributed by atoms with Crippen molar-refractivity contribution in [1.82, 2.24) is 0 Å². The zero-order chi connectivity index (χ0) is 30.5. The van der Waals surface area contributed by atoms with Crippen LogP contribution in [0.2, 0.25) is 13.1 Å². The van der Waals surface area contributed by atoms with Crippen molar-refractivity contribution in [3.05, 3.63) is 132 Å². The standard InChI is InChI=1S/C21H23.C15H11.C2H6Si.2ClH.Zr/c1-5-15-13-17-7-6-8-19(20(17)14-15)16-9-11-18(12-10-16)21(2,3)4;1-2-6-12(7-3-1)14-10-4-8-13-9-5-11-15(13)14;1-3-2;;;/h6-14H,5H2,1-4H3;1-11H;1-2H3;2*1H;/q2*-1;;;;+4/p-2. The molecule has 0 nitrogen and oxygen atoms in total. The van der Waals surface area contributed by atoms with Crippen LogP contribution in [0.15, 0.2) is 121 Å². The van der Waals surface area contributed by atoms with Crippen molar-refractivity contribution in [2.45, 2.75) is 52.6 Å². The molecule has 6 aromatic rings. The monoisotopic (exact) mass is 684 g/mol. The van der Waals surface area contributed by atoms with E-state index in [0.717, 1.165) is 15.9 Å². The van der Waals surface area contributed by atoms with Crippen LogP contribution in [0.25, 0.3) is 43.8 Å². The fourth-order valence-corrected chi connectivity index (χ4v) is 4.93. The second-order valence-corrected chi connectivity index (χ2v) is 15.9. The number of hydrogen-bond acceptors (Lipinski definition) is 0. The zero-order valence-corrected chi connectivity index (χ0v) is 30.5. The van der Waals surface area contributed by atoms with Crippen LogP contribution < -0.4 is 0 Å². The molecule has 42 heavy (non-hydrogen) atoms. The fraction of sp³-hybridized carbons (Fsp3) is 0.211. The topological polar surface area (TPSA) is 0 Å². The Morgan fingerprint density at radius 1 is 0.690 bits per heavy atom. The van der Waals surface area contributed by atoms with E-state index in [-0.39, 0.29) is 5.41 Å². The van der Waals surface area contributed by atoms with Crippen molar-refractivity contribution in [3.63, 3.8) is 0 Å². The average Bonchev–Trinajstić information content (AvgIpc) is 3.65. The minimum absolute atomic E-state index is 0.209. The molecule has 0 spiro atoms. The summed E-state index contributed by atoms with van der Waals surface area (Å²) in [6.45, 7) is 13.3. The molecule has 0 unspecified atom stereocenters. The molecule has 0 aromatic heterocycles. The van der Waals surface area contributed by atoms with Crippen molar-refractivity contribution < 1.29 is 20.8 Å². The van der Waals surface area contributed by atoms with Crippen molar-refractivity contribution in [3.8, 4) is 22.3 Å². The van der Waals surface area contributed by atoms with Crippen LogP contribution in [0.3, 0.4) is 0 Å². The van der Waals surface area contributed by atoms with Gasteiger partial charge in [-0.15, -0.1) is 63.5 Å². The smallest absolute Gasteiger partial charge is 0.0279 e. The summed E-state index contributed by atoms with van der Waals surface area (Å²) >= 11 is -0.826. The number of hydrogen-bond donors (Lipinski definition) is 0. The van der Waals surface area contributed by atoms with Gasteiger partial charge in [-0.3, -0.25) is 0 Å². The van der Waals surface area contributed by atoms with Crippen LogP contribution >= 0.6 is 17.0 Å². The van der Waals surface area contributed by atoms with Crippen LogP contribution in [0.4, 0.5) is 0 Å². The van der Waals surface area contributed by atoms with E-state index in [4.69, 9.17) is 17.0 Å². The van der Waals surface area contributed by atoms with E-state index in [1.807, 2.05) is 0 Å². The Labute approximate surface area is 274 Å². The van der Waals surface area contributed by atoms with Crippen molar-refractivity contribution in [2.24, 2.45) is 0 Å². The first kappa shape index (κ1) is 34.3. The minimum atomic E-state index is -0.826. The number of rotatable bonds is 3. The van der Waals surface area contributed by atoms with Gasteiger partial charge >= 0.3 is 37.9 Å². The number of benzene rings is 4. The van der Waals surface area contributed by atoms with Gasteiger partial charge in [0.05, 0.1) is 0 Å². The summed E-state index contributed by atoms with van der Waals surface area (Å²) < 4.78 is 0. The predicted octanol–water partition coefficient (Wildman–Crippen LogP) is 12.5. The molecule has 6 rings (SSSR count). The molecule has 0 aliphatic carbocycles. The Kier molecular flexibility index (Phi) is 14.0. The summed E-state index contributed by atoms with van der Waals surface area (Å²) in [6.07, 6.45) is 1.09. The molecule has 4 heteroatoms. The number of fused-ring (bicyclic) bond motifs is 2. The van der Waals surface area contributed by atoms with E-state index < -0.39 is 20.8 Å². The molecule has 0 fully saturated rings. The number of aryl methyl sites for hydroxylation is 1. The van der Waals surface area contributed by atoms with Gasteiger partial charge in [0.2, 0.25) is 0 Å². The Morgan fingerprint density at radius 2 is 1.24 bits per heavy atom. The van der Waals surface area contributed by atoms with Crippen LogP contribution in [0.1, 0.15) is 38.8 Å². The summed E-state index contributed by atoms with van der Waals surface area (Å²) in [7, 11) is 11.0. The van der Waals surface area contributed by atoms with Crippen molar-refractivity contribution in [1.29, 1.82) is 0 Å². The molecule has 0 aliphatic rings. The molecule has 0 amide bonds. The maximum atomic E-state index is 4.93. The summed E-state index contributed by atoms with van der Waals surface area (Å²) in [6, 6.07) is 43.7. The predicted molar refractivity (Wildman–Crippen MR) is 187 cm³/mol. The van der Waals surface area contributed by atoms with Crippen molar-refractivity contribution >= 4 is 48.1 Å². The first-order valence-electron chi connectivity index (χ1n) is 14.3. The van der Waals surface area contributed by atoms with Gasteiger partial charge in [-0.1, -0.05) is 119 Å². The summed E-state index contributed by atoms with van der Waals surface area (Å²) in [5, 5.41) is 5.38. The summed E-state index contributed by atoms with van der Waals surface area (Å²) in [4.78, 5) is 0. The first-order valence-corrected chi connectivity index (χ1v) is 22.6. The Bertz CT molecular complexity index is 1620. The van der Waals surface area contributed by atoms with Gasteiger partial charge in [0.25, 0.3) is 0 Å². The minimum Gasteiger partial charge on any atom is -0.168 e. The molecule has 2 radical (unpaired) electrons. The Morgan fingerprint density at radius 3 is 1.81 bits per heavy atom. The molecule has 6 aromatic carbocycles. The van der Waals surface area contributed by atoms with Gasteiger partial charge in [-0.05, 0) is 28.5 Å². The third-order valence-corrected chi connectivity index (χ3v) is 7.04. The van der Waals surface area contributed by atoms with E-state index in [1.54, 1.807) is 0 Å². The molecular formula is C38H40Cl2SiZr. The van der Waals surface area contributed by atoms with Crippen LogP contribution in [0.5, 0.6) is 0 Å². The molecular weight excluding hydrogens is 647 g/mol. The number of halogens is 2. The average molecular weight is 687 g/mol. The largest absolute Gasteiger partial charge is 0.168 e. The zero-order valence-electron chi connectivity index (χ0n) is 25.5. The molecule has 0 bridgehead atoms. The van der Waals surface area contributed by atoms with Crippen molar-refractivity contribution in [2.75, 3.05) is 0 Å². The summed E-state index contributed by atoms with van der Waals surface area (Å²) in [5.74, 6) is 0. The van der Waals surface area contributed by atoms with E-state index in [2.05, 4.69) is 162 Å². The van der Waals surface area contributed by atoms with E-state index in [0.29, 0.717) is 0 Å². The molecule has 0 atom stereocenters. The molecule has 0 saturated carbocycles. The normalized spacial score (nSPS) is 10.5. The van der Waals surface area contributed by atoms with Gasteiger partial charge in [-0.25, -0.2) is 0 Å². The molecule has 0 aliphatic heterocycles. The maximum absolute atomic E-state index is 4.93. The molecule has 0 N–H and O–H groups in total. The van der Waals surface area contributed by atoms with Crippen LogP contribution in [0, 0.1) is 0 Å². The van der Waals surface area contributed by atoms with E-state index >= 15 is 0 Å². The maximum Gasteiger partial charge on any atom is -0.0279 e. The van der Waals surface area contributed by atoms with E-state index in [1.165, 1.54) is 54.9 Å². The van der Waals surface area contributed by atoms with Gasteiger partial charge in [0.15, 0.2) is 0 Å². The summed E-state index contributed by atoms with van der Waals surface area (Å²) in [5.41, 5.74) is 8.26. The van der Waals surface area contributed by atoms with Gasteiger partial charge in [0.1, 0.15) is 0 Å². The van der Waals surface area contributed by atoms with E-state index in [9.17, 15) is 0 Å².